The van der Waals surface area contributed by atoms with E-state index in [-0.39, 0.29) is 48.3 Å². The highest BCUT2D eigenvalue weighted by molar-refractivity contribution is 7.89. The van der Waals surface area contributed by atoms with Crippen LogP contribution in [0.5, 0.6) is 0 Å². The highest BCUT2D eigenvalue weighted by Crippen LogP contribution is 2.51. The number of hydrogen-bond acceptors (Lipinski definition) is 8. The van der Waals surface area contributed by atoms with Gasteiger partial charge in [-0.05, 0) is 72.1 Å². The number of nitrogens with zero attached hydrogens (tertiary/aromatic N) is 3. The Hall–Kier alpha value is -3.36. The van der Waals surface area contributed by atoms with E-state index in [2.05, 4.69) is 30.3 Å². The molecule has 2 aromatic rings. The molecule has 0 aromatic carbocycles. The summed E-state index contributed by atoms with van der Waals surface area (Å²) < 4.78 is 78.7. The first kappa shape index (κ1) is 37.8. The maximum atomic E-state index is 13.6. The number of fused-ring (bicyclic) bond motifs is 1. The summed E-state index contributed by atoms with van der Waals surface area (Å²) >= 11 is 0. The molecular weight excluding hydrogens is 612 g/mol. The van der Waals surface area contributed by atoms with Crippen LogP contribution in [0.25, 0.3) is 17.1 Å². The minimum absolute atomic E-state index is 0.0225. The SMILES string of the molecule is C/C=C\C(F)C/C=C/c1ccc2nc(N[C@@H](C)C=C(C)C)nc(NC3(C(F)(F)F)CC3)c2n1.C/C=C\CS(=O)(=O)NC(O)CC. The lowest BCUT2D eigenvalue weighted by Crippen LogP contribution is -2.39. The molecule has 3 rings (SSSR count). The number of pyridine rings is 1. The highest BCUT2D eigenvalue weighted by atomic mass is 32.2. The van der Waals surface area contributed by atoms with Crippen LogP contribution in [0.15, 0.2) is 54.2 Å². The molecule has 2 heterocycles. The summed E-state index contributed by atoms with van der Waals surface area (Å²) in [6.45, 7) is 11.0. The van der Waals surface area contributed by atoms with E-state index in [0.29, 0.717) is 17.6 Å². The van der Waals surface area contributed by atoms with Gasteiger partial charge in [-0.25, -0.2) is 22.8 Å². The molecule has 1 saturated carbocycles. The van der Waals surface area contributed by atoms with Crippen molar-refractivity contribution < 1.29 is 31.1 Å². The van der Waals surface area contributed by atoms with Crippen LogP contribution in [0.3, 0.4) is 0 Å². The van der Waals surface area contributed by atoms with Gasteiger partial charge in [-0.2, -0.15) is 22.9 Å². The monoisotopic (exact) mass is 656 g/mol. The summed E-state index contributed by atoms with van der Waals surface area (Å²) in [4.78, 5) is 13.2. The van der Waals surface area contributed by atoms with Gasteiger partial charge in [-0.3, -0.25) is 0 Å². The number of nitrogens with one attached hydrogen (secondary N) is 3. The third-order valence-electron chi connectivity index (χ3n) is 6.46. The molecule has 3 atom stereocenters. The quantitative estimate of drug-likeness (QED) is 0.0990. The molecular formula is C31H44F4N6O3S. The van der Waals surface area contributed by atoms with E-state index in [1.807, 2.05) is 26.8 Å². The second-order valence-corrected chi connectivity index (χ2v) is 12.8. The summed E-state index contributed by atoms with van der Waals surface area (Å²) in [6, 6.07) is 3.26. The lowest BCUT2D eigenvalue weighted by molar-refractivity contribution is -0.151. The Balaban J connectivity index is 0.000000498. The van der Waals surface area contributed by atoms with Crippen molar-refractivity contribution in [3.05, 3.63) is 59.9 Å². The average molecular weight is 657 g/mol. The Morgan fingerprint density at radius 3 is 2.36 bits per heavy atom. The van der Waals surface area contributed by atoms with E-state index in [0.717, 1.165) is 5.57 Å². The van der Waals surface area contributed by atoms with Crippen molar-refractivity contribution in [3.8, 4) is 0 Å². The maximum Gasteiger partial charge on any atom is 0.411 e. The van der Waals surface area contributed by atoms with E-state index >= 15 is 0 Å². The molecule has 1 aliphatic carbocycles. The third-order valence-corrected chi connectivity index (χ3v) is 7.72. The second kappa shape index (κ2) is 16.8. The molecule has 0 spiro atoms. The Morgan fingerprint density at radius 2 is 1.80 bits per heavy atom. The topological polar surface area (TPSA) is 129 Å². The molecule has 1 aliphatic rings. The molecule has 0 saturated heterocycles. The number of allylic oxidation sites excluding steroid dienone is 5. The van der Waals surface area contributed by atoms with Crippen LogP contribution in [-0.4, -0.2) is 64.4 Å². The summed E-state index contributed by atoms with van der Waals surface area (Å²) in [5.41, 5.74) is 0.215. The normalized spacial score (nSPS) is 16.8. The van der Waals surface area contributed by atoms with Gasteiger partial charge in [0.25, 0.3) is 0 Å². The van der Waals surface area contributed by atoms with Gasteiger partial charge >= 0.3 is 6.18 Å². The first-order valence-electron chi connectivity index (χ1n) is 14.7. The Labute approximate surface area is 263 Å². The minimum Gasteiger partial charge on any atom is -0.378 e. The first-order chi connectivity index (χ1) is 21.0. The standard InChI is InChI=1S/C24H29F4N5.C7H15NO3S/c1-5-7-17(25)8-6-9-18-10-11-19-20(30-18)21(33-23(12-13-23)24(26,27)28)32-22(31-19)29-16(4)14-15(2)3;1-3-5-6-12(10,11)8-7(9)4-2/h5-7,9-11,14,16-17H,8,12-13H2,1-4H3,(H2,29,31,32,33);3,5,7-9H,4,6H2,1-2H3/b7-5-,9-6+;5-3-/t16-,17?;/m0./s1. The van der Waals surface area contributed by atoms with Gasteiger partial charge < -0.3 is 15.7 Å². The van der Waals surface area contributed by atoms with Gasteiger partial charge in [0, 0.05) is 12.5 Å². The molecule has 4 N–H and O–H groups in total. The van der Waals surface area contributed by atoms with Gasteiger partial charge in [-0.1, -0.05) is 49.0 Å². The zero-order chi connectivity index (χ0) is 33.8. The zero-order valence-electron chi connectivity index (χ0n) is 26.5. The summed E-state index contributed by atoms with van der Waals surface area (Å²) in [5.74, 6) is 0.152. The van der Waals surface area contributed by atoms with Gasteiger partial charge in [0.2, 0.25) is 16.0 Å². The van der Waals surface area contributed by atoms with Crippen LogP contribution in [0, 0.1) is 0 Å². The van der Waals surface area contributed by atoms with Gasteiger partial charge in [0.05, 0.1) is 17.0 Å². The predicted molar refractivity (Wildman–Crippen MR) is 173 cm³/mol. The van der Waals surface area contributed by atoms with E-state index in [1.54, 1.807) is 57.2 Å². The van der Waals surface area contributed by atoms with Crippen LogP contribution >= 0.6 is 0 Å². The number of anilines is 2. The molecule has 2 aromatic heterocycles. The fourth-order valence-corrected chi connectivity index (χ4v) is 5.14. The Kier molecular flexibility index (Phi) is 14.1. The number of rotatable bonds is 14. The number of aromatic nitrogens is 3. The summed E-state index contributed by atoms with van der Waals surface area (Å²) in [7, 11) is -3.34. The first-order valence-corrected chi connectivity index (χ1v) is 16.4. The molecule has 0 amide bonds. The van der Waals surface area contributed by atoms with Crippen molar-refractivity contribution in [2.75, 3.05) is 16.4 Å². The van der Waals surface area contributed by atoms with E-state index in [4.69, 9.17) is 5.11 Å². The smallest absolute Gasteiger partial charge is 0.378 e. The molecule has 0 radical (unpaired) electrons. The van der Waals surface area contributed by atoms with E-state index < -0.39 is 34.1 Å². The minimum atomic E-state index is -4.41. The third kappa shape index (κ3) is 12.5. The van der Waals surface area contributed by atoms with Gasteiger partial charge in [-0.15, -0.1) is 0 Å². The van der Waals surface area contributed by atoms with Crippen molar-refractivity contribution in [3.63, 3.8) is 0 Å². The van der Waals surface area contributed by atoms with Crippen LogP contribution in [0.1, 0.15) is 72.9 Å². The molecule has 0 aliphatic heterocycles. The van der Waals surface area contributed by atoms with Crippen molar-refractivity contribution in [2.24, 2.45) is 0 Å². The number of aliphatic hydroxyl groups is 1. The zero-order valence-corrected chi connectivity index (χ0v) is 27.3. The number of alkyl halides is 4. The van der Waals surface area contributed by atoms with Crippen molar-refractivity contribution >= 4 is 38.9 Å². The molecule has 0 bridgehead atoms. The highest BCUT2D eigenvalue weighted by Gasteiger charge is 2.64. The molecule has 45 heavy (non-hydrogen) atoms. The van der Waals surface area contributed by atoms with Gasteiger partial charge in [0.15, 0.2) is 5.82 Å². The fourth-order valence-electron chi connectivity index (χ4n) is 4.02. The molecule has 2 unspecified atom stereocenters. The predicted octanol–water partition coefficient (Wildman–Crippen LogP) is 6.83. The number of hydrogen-bond donors (Lipinski definition) is 4. The molecule has 9 nitrogen and oxygen atoms in total. The fraction of sp³-hybridized carbons (Fsp3) is 0.516. The average Bonchev–Trinajstić information content (AvgIpc) is 3.73. The number of aliphatic hydroxyl groups excluding tert-OH is 1. The number of halogens is 4. The molecule has 1 fully saturated rings. The van der Waals surface area contributed by atoms with Crippen LogP contribution in [-0.2, 0) is 10.0 Å². The summed E-state index contributed by atoms with van der Waals surface area (Å²) in [5, 5.41) is 14.7. The summed E-state index contributed by atoms with van der Waals surface area (Å²) in [6.07, 6.45) is 5.51. The lowest BCUT2D eigenvalue weighted by Gasteiger charge is -2.22. The largest absolute Gasteiger partial charge is 0.411 e. The van der Waals surface area contributed by atoms with Crippen molar-refractivity contribution in [2.45, 2.75) is 97.4 Å². The van der Waals surface area contributed by atoms with Crippen molar-refractivity contribution in [1.82, 2.24) is 19.7 Å². The Morgan fingerprint density at radius 1 is 1.11 bits per heavy atom. The maximum absolute atomic E-state index is 13.6. The molecule has 14 heteroatoms. The second-order valence-electron chi connectivity index (χ2n) is 11.0. The van der Waals surface area contributed by atoms with E-state index in [1.165, 1.54) is 12.2 Å². The van der Waals surface area contributed by atoms with Crippen LogP contribution in [0.4, 0.5) is 29.3 Å². The lowest BCUT2D eigenvalue weighted by atomic mass is 10.2. The number of sulfonamides is 1. The van der Waals surface area contributed by atoms with Crippen LogP contribution in [0.2, 0.25) is 0 Å². The molecule has 250 valence electrons. The van der Waals surface area contributed by atoms with Crippen molar-refractivity contribution in [1.29, 1.82) is 0 Å². The van der Waals surface area contributed by atoms with Crippen LogP contribution < -0.4 is 15.4 Å². The Bertz CT molecular complexity index is 1480. The van der Waals surface area contributed by atoms with Gasteiger partial charge in [0.1, 0.15) is 23.5 Å². The van der Waals surface area contributed by atoms with E-state index in [9.17, 15) is 26.0 Å².